The second-order valence-corrected chi connectivity index (χ2v) is 8.12. The first-order chi connectivity index (χ1) is 13.0. The van der Waals surface area contributed by atoms with Gasteiger partial charge in [0.15, 0.2) is 0 Å². The smallest absolute Gasteiger partial charge is 0.253 e. The van der Waals surface area contributed by atoms with Gasteiger partial charge in [-0.1, -0.05) is 0 Å². The molecule has 0 saturated carbocycles. The van der Waals surface area contributed by atoms with E-state index in [1.165, 1.54) is 16.7 Å². The lowest BCUT2D eigenvalue weighted by molar-refractivity contribution is -0.123. The Morgan fingerprint density at radius 1 is 1.22 bits per heavy atom. The normalized spacial score (nSPS) is 16.6. The van der Waals surface area contributed by atoms with Crippen LogP contribution in [0.25, 0.3) is 0 Å². The molecule has 1 aromatic rings. The molecule has 0 bridgehead atoms. The first-order valence-corrected chi connectivity index (χ1v) is 10.2. The summed E-state index contributed by atoms with van der Waals surface area (Å²) in [6.07, 6.45) is 2.06. The third-order valence-corrected chi connectivity index (χ3v) is 5.77. The van der Waals surface area contributed by atoms with Gasteiger partial charge in [0.05, 0.1) is 11.4 Å². The summed E-state index contributed by atoms with van der Waals surface area (Å²) in [5.74, 6) is -0.00808. The molecular weight excluding hydrogens is 364 g/mol. The van der Waals surface area contributed by atoms with E-state index in [2.05, 4.69) is 5.32 Å². The molecule has 2 aliphatic heterocycles. The number of hydrogen-bond donors (Lipinski definition) is 1. The van der Waals surface area contributed by atoms with Crippen LogP contribution in [-0.2, 0) is 9.59 Å². The Morgan fingerprint density at radius 3 is 2.67 bits per heavy atom. The van der Waals surface area contributed by atoms with Crippen molar-refractivity contribution in [1.29, 1.82) is 0 Å². The number of carbonyl (C=O) groups is 3. The first-order valence-electron chi connectivity index (χ1n) is 9.23. The molecule has 3 rings (SSSR count). The molecule has 0 atom stereocenters. The fourth-order valence-electron chi connectivity index (χ4n) is 3.23. The van der Waals surface area contributed by atoms with Gasteiger partial charge in [-0.2, -0.15) is 0 Å². The van der Waals surface area contributed by atoms with Crippen LogP contribution < -0.4 is 10.2 Å². The maximum Gasteiger partial charge on any atom is 0.253 e. The Hall–Kier alpha value is -2.06. The van der Waals surface area contributed by atoms with Gasteiger partial charge in [0, 0.05) is 36.6 Å². The van der Waals surface area contributed by atoms with Crippen molar-refractivity contribution in [3.8, 4) is 0 Å². The van der Waals surface area contributed by atoms with Crippen molar-refractivity contribution in [2.24, 2.45) is 0 Å². The van der Waals surface area contributed by atoms with Crippen molar-refractivity contribution in [3.05, 3.63) is 23.8 Å². The zero-order chi connectivity index (χ0) is 19.4. The average molecular weight is 391 g/mol. The van der Waals surface area contributed by atoms with E-state index in [1.54, 1.807) is 6.07 Å². The van der Waals surface area contributed by atoms with Crippen LogP contribution in [-0.4, -0.2) is 80.1 Å². The molecule has 0 spiro atoms. The molecule has 1 N–H and O–H groups in total. The van der Waals surface area contributed by atoms with E-state index in [0.29, 0.717) is 23.5 Å². The van der Waals surface area contributed by atoms with Crippen molar-refractivity contribution in [1.82, 2.24) is 15.1 Å². The number of likely N-dealkylation sites (N-methyl/N-ethyl adjacent to an activating group) is 1. The van der Waals surface area contributed by atoms with Crippen LogP contribution in [0.4, 0.5) is 5.69 Å². The Labute approximate surface area is 164 Å². The number of fused-ring (bicyclic) bond motifs is 1. The number of hydrogen-bond acceptors (Lipinski definition) is 5. The molecule has 1 fully saturated rings. The standard InChI is InChI=1S/C19H26N4O3S/c1-21(2)10-7-20-17(24)12-23-15-11-14(19(26)22-8-3-4-9-22)5-6-16(15)27-13-18(23)25/h5-6,11H,3-4,7-10,12-13H2,1-2H3,(H,20,24). The largest absolute Gasteiger partial charge is 0.353 e. The number of carbonyl (C=O) groups excluding carboxylic acids is 3. The van der Waals surface area contributed by atoms with E-state index in [-0.39, 0.29) is 24.3 Å². The van der Waals surface area contributed by atoms with Crippen molar-refractivity contribution in [3.63, 3.8) is 0 Å². The fourth-order valence-corrected chi connectivity index (χ4v) is 4.15. The minimum Gasteiger partial charge on any atom is -0.353 e. The Morgan fingerprint density at radius 2 is 1.96 bits per heavy atom. The van der Waals surface area contributed by atoms with Gasteiger partial charge >= 0.3 is 0 Å². The highest BCUT2D eigenvalue weighted by Gasteiger charge is 2.28. The van der Waals surface area contributed by atoms with E-state index in [0.717, 1.165) is 37.4 Å². The number of anilines is 1. The summed E-state index contributed by atoms with van der Waals surface area (Å²) in [6, 6.07) is 5.46. The number of nitrogens with zero attached hydrogens (tertiary/aromatic N) is 3. The molecule has 27 heavy (non-hydrogen) atoms. The van der Waals surface area contributed by atoms with Crippen molar-refractivity contribution in [2.75, 3.05) is 57.5 Å². The van der Waals surface area contributed by atoms with Crippen LogP contribution in [0.5, 0.6) is 0 Å². The second kappa shape index (κ2) is 8.75. The molecule has 2 heterocycles. The Balaban J connectivity index is 1.74. The van der Waals surface area contributed by atoms with E-state index in [9.17, 15) is 14.4 Å². The van der Waals surface area contributed by atoms with Gasteiger partial charge in [0.25, 0.3) is 5.91 Å². The van der Waals surface area contributed by atoms with Gasteiger partial charge in [-0.25, -0.2) is 0 Å². The van der Waals surface area contributed by atoms with E-state index in [1.807, 2.05) is 36.0 Å². The topological polar surface area (TPSA) is 73.0 Å². The van der Waals surface area contributed by atoms with Crippen molar-refractivity contribution in [2.45, 2.75) is 17.7 Å². The van der Waals surface area contributed by atoms with Crippen LogP contribution in [0, 0.1) is 0 Å². The van der Waals surface area contributed by atoms with Crippen LogP contribution in [0.2, 0.25) is 0 Å². The van der Waals surface area contributed by atoms with Crippen LogP contribution in [0.3, 0.4) is 0 Å². The third-order valence-electron chi connectivity index (χ3n) is 4.73. The zero-order valence-electron chi connectivity index (χ0n) is 15.9. The summed E-state index contributed by atoms with van der Waals surface area (Å²) in [7, 11) is 3.87. The van der Waals surface area contributed by atoms with Gasteiger partial charge in [0.1, 0.15) is 6.54 Å². The number of thioether (sulfide) groups is 1. The second-order valence-electron chi connectivity index (χ2n) is 7.10. The van der Waals surface area contributed by atoms with Crippen molar-refractivity contribution < 1.29 is 14.4 Å². The highest BCUT2D eigenvalue weighted by molar-refractivity contribution is 8.00. The molecule has 0 radical (unpaired) electrons. The SMILES string of the molecule is CN(C)CCNC(=O)CN1C(=O)CSc2ccc(C(=O)N3CCCC3)cc21. The molecule has 0 aromatic heterocycles. The number of benzene rings is 1. The molecule has 0 aliphatic carbocycles. The number of amides is 3. The minimum absolute atomic E-state index is 0.00583. The summed E-state index contributed by atoms with van der Waals surface area (Å²) in [4.78, 5) is 43.6. The zero-order valence-corrected chi connectivity index (χ0v) is 16.7. The Bertz CT molecular complexity index is 732. The van der Waals surface area contributed by atoms with Gasteiger partial charge in [-0.15, -0.1) is 11.8 Å². The summed E-state index contributed by atoms with van der Waals surface area (Å²) in [5.41, 5.74) is 1.23. The summed E-state index contributed by atoms with van der Waals surface area (Å²) < 4.78 is 0. The number of rotatable bonds is 6. The lowest BCUT2D eigenvalue weighted by Crippen LogP contribution is -2.44. The maximum absolute atomic E-state index is 12.7. The molecule has 8 heteroatoms. The molecule has 3 amide bonds. The fraction of sp³-hybridized carbons (Fsp3) is 0.526. The third kappa shape index (κ3) is 4.81. The monoisotopic (exact) mass is 390 g/mol. The summed E-state index contributed by atoms with van der Waals surface area (Å²) in [5, 5.41) is 2.84. The van der Waals surface area contributed by atoms with Crippen molar-refractivity contribution >= 4 is 35.2 Å². The van der Waals surface area contributed by atoms with Crippen LogP contribution in [0.1, 0.15) is 23.2 Å². The van der Waals surface area contributed by atoms with E-state index < -0.39 is 0 Å². The molecule has 146 valence electrons. The molecule has 1 aromatic carbocycles. The first kappa shape index (κ1) is 19.7. The molecule has 1 saturated heterocycles. The lowest BCUT2D eigenvalue weighted by atomic mass is 10.1. The molecule has 7 nitrogen and oxygen atoms in total. The number of likely N-dealkylation sites (tertiary alicyclic amines) is 1. The average Bonchev–Trinajstić information content (AvgIpc) is 3.17. The summed E-state index contributed by atoms with van der Waals surface area (Å²) in [6.45, 7) is 2.80. The van der Waals surface area contributed by atoms with Crippen LogP contribution >= 0.6 is 11.8 Å². The minimum atomic E-state index is -0.195. The highest BCUT2D eigenvalue weighted by atomic mass is 32.2. The van der Waals surface area contributed by atoms with Gasteiger partial charge < -0.3 is 20.0 Å². The summed E-state index contributed by atoms with van der Waals surface area (Å²) >= 11 is 1.45. The maximum atomic E-state index is 12.7. The van der Waals surface area contributed by atoms with Gasteiger partial charge in [-0.05, 0) is 45.1 Å². The molecule has 0 unspecified atom stereocenters. The highest BCUT2D eigenvalue weighted by Crippen LogP contribution is 2.36. The Kier molecular flexibility index (Phi) is 6.38. The lowest BCUT2D eigenvalue weighted by Gasteiger charge is -2.29. The number of nitrogens with one attached hydrogen (secondary N) is 1. The van der Waals surface area contributed by atoms with Gasteiger partial charge in [-0.3, -0.25) is 14.4 Å². The quantitative estimate of drug-likeness (QED) is 0.786. The van der Waals surface area contributed by atoms with Crippen LogP contribution in [0.15, 0.2) is 23.1 Å². The molecule has 2 aliphatic rings. The predicted octanol–water partition coefficient (Wildman–Crippen LogP) is 1.04. The van der Waals surface area contributed by atoms with E-state index in [4.69, 9.17) is 0 Å². The van der Waals surface area contributed by atoms with E-state index >= 15 is 0 Å². The predicted molar refractivity (Wildman–Crippen MR) is 106 cm³/mol. The van der Waals surface area contributed by atoms with Gasteiger partial charge in [0.2, 0.25) is 11.8 Å². The molecular formula is C19H26N4O3S.